The van der Waals surface area contributed by atoms with E-state index in [1.54, 1.807) is 39.8 Å². The molecule has 3 aliphatic heterocycles. The van der Waals surface area contributed by atoms with Gasteiger partial charge in [-0.05, 0) is 77.5 Å². The summed E-state index contributed by atoms with van der Waals surface area (Å²) in [4.78, 5) is 67.9. The fourth-order valence-electron chi connectivity index (χ4n) is 8.93. The highest BCUT2D eigenvalue weighted by Crippen LogP contribution is 2.67. The molecule has 0 N–H and O–H groups in total. The van der Waals surface area contributed by atoms with Gasteiger partial charge in [-0.25, -0.2) is 14.4 Å². The summed E-state index contributed by atoms with van der Waals surface area (Å²) in [5.41, 5.74) is -7.66. The Labute approximate surface area is 272 Å². The Bertz CT molecular complexity index is 1850. The van der Waals surface area contributed by atoms with Crippen LogP contribution in [0.2, 0.25) is 0 Å². The van der Waals surface area contributed by atoms with Crippen LogP contribution in [-0.2, 0) is 38.1 Å². The van der Waals surface area contributed by atoms with E-state index in [4.69, 9.17) is 28.1 Å². The summed E-state index contributed by atoms with van der Waals surface area (Å²) < 4.78 is 36.9. The van der Waals surface area contributed by atoms with Gasteiger partial charge in [-0.1, -0.05) is 34.6 Å². The summed E-state index contributed by atoms with van der Waals surface area (Å²) in [6, 6.07) is 4.83. The van der Waals surface area contributed by atoms with Crippen LogP contribution in [0.1, 0.15) is 105 Å². The van der Waals surface area contributed by atoms with Crippen LogP contribution in [-0.4, -0.2) is 46.8 Å². The summed E-state index contributed by atoms with van der Waals surface area (Å²) in [5, 5.41) is 0.577. The Kier molecular flexibility index (Phi) is 6.18. The maximum Gasteiger partial charge on any atom is 0.351 e. The molecule has 2 aromatic rings. The van der Waals surface area contributed by atoms with Gasteiger partial charge >= 0.3 is 29.5 Å². The lowest BCUT2D eigenvalue weighted by Crippen LogP contribution is -2.58. The van der Waals surface area contributed by atoms with Crippen LogP contribution in [0.4, 0.5) is 0 Å². The number of hydrogen-bond acceptors (Lipinski definition) is 11. The number of hydrogen-bond donors (Lipinski definition) is 0. The third-order valence-electron chi connectivity index (χ3n) is 13.6. The van der Waals surface area contributed by atoms with Crippen LogP contribution in [0.25, 0.3) is 11.0 Å². The monoisotopic (exact) mass is 650 g/mol. The first-order chi connectivity index (χ1) is 21.8. The molecule has 47 heavy (non-hydrogen) atoms. The minimum absolute atomic E-state index is 0.125. The van der Waals surface area contributed by atoms with Gasteiger partial charge in [-0.15, -0.1) is 0 Å². The topological polar surface area (TPSA) is 145 Å². The van der Waals surface area contributed by atoms with Gasteiger partial charge in [0.1, 0.15) is 16.9 Å². The van der Waals surface area contributed by atoms with E-state index < -0.39 is 80.2 Å². The number of fused-ring (bicyclic) bond motifs is 7. The molecule has 11 heteroatoms. The molecule has 2 saturated heterocycles. The molecule has 4 bridgehead atoms. The van der Waals surface area contributed by atoms with Crippen molar-refractivity contribution in [1.29, 1.82) is 0 Å². The third kappa shape index (κ3) is 3.50. The Morgan fingerprint density at radius 1 is 0.787 bits per heavy atom. The van der Waals surface area contributed by atoms with Crippen molar-refractivity contribution in [3.8, 4) is 5.75 Å². The second kappa shape index (κ2) is 9.17. The maximum atomic E-state index is 14.5. The Hall–Kier alpha value is -3.89. The van der Waals surface area contributed by atoms with Crippen LogP contribution >= 0.6 is 0 Å². The first-order valence-corrected chi connectivity index (χ1v) is 16.4. The highest BCUT2D eigenvalue weighted by atomic mass is 16.7. The van der Waals surface area contributed by atoms with E-state index in [1.807, 2.05) is 34.6 Å². The highest BCUT2D eigenvalue weighted by molar-refractivity contribution is 5.95. The molecule has 0 amide bonds. The van der Waals surface area contributed by atoms with Crippen molar-refractivity contribution in [2.24, 2.45) is 21.7 Å². The third-order valence-corrected chi connectivity index (χ3v) is 13.6. The molecule has 4 heterocycles. The average molecular weight is 651 g/mol. The van der Waals surface area contributed by atoms with Crippen molar-refractivity contribution in [3.63, 3.8) is 0 Å². The smallest absolute Gasteiger partial charge is 0.351 e. The van der Waals surface area contributed by atoms with Crippen molar-refractivity contribution in [3.05, 3.63) is 39.7 Å². The second-order valence-electron chi connectivity index (χ2n) is 15.9. The van der Waals surface area contributed by atoms with Crippen LogP contribution in [0.15, 0.2) is 27.4 Å². The quantitative estimate of drug-likeness (QED) is 0.233. The Balaban J connectivity index is 1.39. The van der Waals surface area contributed by atoms with Crippen molar-refractivity contribution in [1.82, 2.24) is 0 Å². The SMILES string of the molecule is CCC1(C)Oc2ccc3c(C)cc(=O)oc3c2[C@@H](OC(=O)C23CCC(C)(C(=O)O2)C3(C)C)[C@H]1OC(=O)C12CCC(C)(C(=O)O1)C2(C)C. The van der Waals surface area contributed by atoms with Crippen molar-refractivity contribution < 1.29 is 47.3 Å². The molecule has 7 atom stereocenters. The molecule has 11 nitrogen and oxygen atoms in total. The molecule has 5 unspecified atom stereocenters. The van der Waals surface area contributed by atoms with E-state index in [9.17, 15) is 24.0 Å². The van der Waals surface area contributed by atoms with Crippen LogP contribution in [0.5, 0.6) is 5.75 Å². The second-order valence-corrected chi connectivity index (χ2v) is 15.9. The number of ether oxygens (including phenoxy) is 5. The molecule has 2 saturated carbocycles. The molecule has 252 valence electrons. The standard InChI is InChI=1S/C36H42O11/c1-10-34(9)25(44-29(41)36-16-14-33(8,27(39)47-36)31(36,5)6)24(22-20(45-34)12-11-19-18(2)17-21(37)42-23(19)22)43-28(40)35-15-13-32(7,26(38)46-35)30(35,3)4/h11-12,17,24-25H,10,13-16H2,1-9H3/t24-,25-,32?,33?,34?,35?,36?/m1/s1. The van der Waals surface area contributed by atoms with Crippen LogP contribution in [0.3, 0.4) is 0 Å². The fraction of sp³-hybridized carbons (Fsp3) is 0.639. The summed E-state index contributed by atoms with van der Waals surface area (Å²) in [7, 11) is 0. The molecule has 0 spiro atoms. The molecule has 7 rings (SSSR count). The lowest BCUT2D eigenvalue weighted by atomic mass is 9.66. The van der Waals surface area contributed by atoms with Gasteiger partial charge < -0.3 is 28.1 Å². The molecule has 1 aromatic heterocycles. The van der Waals surface area contributed by atoms with Gasteiger partial charge in [0.25, 0.3) is 0 Å². The number of carbonyl (C=O) groups is 4. The van der Waals surface area contributed by atoms with Gasteiger partial charge in [-0.2, -0.15) is 0 Å². The lowest BCUT2D eigenvalue weighted by molar-refractivity contribution is -0.219. The van der Waals surface area contributed by atoms with Crippen molar-refractivity contribution in [2.75, 3.05) is 0 Å². The Morgan fingerprint density at radius 3 is 1.79 bits per heavy atom. The zero-order valence-electron chi connectivity index (χ0n) is 28.4. The summed E-state index contributed by atoms with van der Waals surface area (Å²) in [6.07, 6.45) is -0.932. The van der Waals surface area contributed by atoms with Crippen molar-refractivity contribution >= 4 is 34.8 Å². The lowest BCUT2D eigenvalue weighted by Gasteiger charge is -2.47. The molecular formula is C36H42O11. The van der Waals surface area contributed by atoms with Gasteiger partial charge in [0.15, 0.2) is 12.2 Å². The van der Waals surface area contributed by atoms with E-state index in [0.29, 0.717) is 30.2 Å². The number of benzene rings is 1. The zero-order chi connectivity index (χ0) is 34.3. The highest BCUT2D eigenvalue weighted by Gasteiger charge is 2.78. The van der Waals surface area contributed by atoms with E-state index in [2.05, 4.69) is 0 Å². The first kappa shape index (κ1) is 31.7. The van der Waals surface area contributed by atoms with E-state index in [0.717, 1.165) is 0 Å². The van der Waals surface area contributed by atoms with Gasteiger partial charge in [0.2, 0.25) is 11.2 Å². The maximum absolute atomic E-state index is 14.5. The van der Waals surface area contributed by atoms with Gasteiger partial charge in [-0.3, -0.25) is 9.59 Å². The van der Waals surface area contributed by atoms with E-state index >= 15 is 0 Å². The van der Waals surface area contributed by atoms with Crippen molar-refractivity contribution in [2.45, 2.75) is 123 Å². The largest absolute Gasteiger partial charge is 0.483 e. The molecule has 4 fully saturated rings. The Morgan fingerprint density at radius 2 is 1.32 bits per heavy atom. The van der Waals surface area contributed by atoms with Gasteiger partial charge in [0.05, 0.1) is 16.4 Å². The molecule has 5 aliphatic rings. The number of rotatable bonds is 5. The van der Waals surface area contributed by atoms with Crippen LogP contribution in [0, 0.1) is 28.6 Å². The molecule has 1 aromatic carbocycles. The molecule has 2 aliphatic carbocycles. The number of esters is 4. The minimum Gasteiger partial charge on any atom is -0.483 e. The minimum atomic E-state index is -1.59. The normalized spacial score (nSPS) is 38.8. The molecular weight excluding hydrogens is 608 g/mol. The summed E-state index contributed by atoms with van der Waals surface area (Å²) in [5.74, 6) is -2.21. The zero-order valence-corrected chi connectivity index (χ0v) is 28.4. The molecule has 0 radical (unpaired) electrons. The fourth-order valence-corrected chi connectivity index (χ4v) is 8.93. The predicted octanol–water partition coefficient (Wildman–Crippen LogP) is 5.40. The van der Waals surface area contributed by atoms with E-state index in [-0.39, 0.29) is 29.7 Å². The summed E-state index contributed by atoms with van der Waals surface area (Å²) >= 11 is 0. The van der Waals surface area contributed by atoms with Gasteiger partial charge in [0, 0.05) is 22.3 Å². The van der Waals surface area contributed by atoms with E-state index in [1.165, 1.54) is 6.07 Å². The van der Waals surface area contributed by atoms with Crippen LogP contribution < -0.4 is 10.4 Å². The summed E-state index contributed by atoms with van der Waals surface area (Å²) in [6.45, 7) is 16.2. The number of carbonyl (C=O) groups excluding carboxylic acids is 4. The average Bonchev–Trinajstić information content (AvgIpc) is 3.46. The predicted molar refractivity (Wildman–Crippen MR) is 165 cm³/mol. The number of aryl methyl sites for hydroxylation is 1. The first-order valence-electron chi connectivity index (χ1n) is 16.4.